The van der Waals surface area contributed by atoms with E-state index in [1.54, 1.807) is 35.2 Å². The van der Waals surface area contributed by atoms with Gasteiger partial charge in [-0.05, 0) is 56.5 Å². The normalized spacial score (nSPS) is 17.1. The van der Waals surface area contributed by atoms with Crippen LogP contribution in [0.25, 0.3) is 0 Å². The Kier molecular flexibility index (Phi) is 5.62. The van der Waals surface area contributed by atoms with Crippen LogP contribution in [0.2, 0.25) is 0 Å². The molecule has 7 heteroatoms. The number of carbonyl (C=O) groups is 1. The van der Waals surface area contributed by atoms with Crippen molar-refractivity contribution in [1.82, 2.24) is 4.90 Å². The van der Waals surface area contributed by atoms with E-state index in [-0.39, 0.29) is 11.3 Å². The summed E-state index contributed by atoms with van der Waals surface area (Å²) in [7, 11) is -2.35. The topological polar surface area (TPSA) is 63.7 Å². The van der Waals surface area contributed by atoms with E-state index in [4.69, 9.17) is 4.74 Å². The highest BCUT2D eigenvalue weighted by molar-refractivity contribution is 8.72. The van der Waals surface area contributed by atoms with Crippen LogP contribution in [0.1, 0.15) is 33.6 Å². The highest BCUT2D eigenvalue weighted by Crippen LogP contribution is 2.33. The molecule has 128 valence electrons. The third-order valence-electron chi connectivity index (χ3n) is 3.39. The van der Waals surface area contributed by atoms with E-state index in [1.807, 2.05) is 20.8 Å². The second-order valence-corrected chi connectivity index (χ2v) is 10.7. The molecule has 1 aliphatic rings. The third-order valence-corrected chi connectivity index (χ3v) is 7.39. The Hall–Kier alpha value is -1.21. The Morgan fingerprint density at radius 3 is 2.26 bits per heavy atom. The van der Waals surface area contributed by atoms with Crippen LogP contribution in [0.4, 0.5) is 4.79 Å². The maximum atomic E-state index is 12.4. The minimum atomic E-state index is -3.34. The van der Waals surface area contributed by atoms with Crippen LogP contribution in [0.3, 0.4) is 0 Å². The molecular weight excluding hydrogens is 334 g/mol. The fourth-order valence-corrected chi connectivity index (χ4v) is 5.97. The number of carbonyl (C=O) groups excluding carboxylic acids is 1. The van der Waals surface area contributed by atoms with E-state index >= 15 is 0 Å². The lowest BCUT2D eigenvalue weighted by Gasteiger charge is -2.32. The van der Waals surface area contributed by atoms with Crippen molar-refractivity contribution in [2.24, 2.45) is 0 Å². The molecule has 2 rings (SSSR count). The first-order valence-electron chi connectivity index (χ1n) is 7.64. The second kappa shape index (κ2) is 7.13. The number of hydrogen-bond acceptors (Lipinski definition) is 5. The van der Waals surface area contributed by atoms with Crippen LogP contribution in [0, 0.1) is 0 Å². The van der Waals surface area contributed by atoms with Gasteiger partial charge in [0, 0.05) is 18.3 Å². The van der Waals surface area contributed by atoms with Gasteiger partial charge in [-0.1, -0.05) is 18.2 Å². The van der Waals surface area contributed by atoms with Crippen LogP contribution in [-0.2, 0) is 13.6 Å². The molecule has 0 bridgehead atoms. The molecule has 1 aromatic rings. The van der Waals surface area contributed by atoms with Gasteiger partial charge < -0.3 is 9.64 Å². The summed E-state index contributed by atoms with van der Waals surface area (Å²) in [6.45, 7) is 6.55. The fourth-order valence-electron chi connectivity index (χ4n) is 2.28. The highest BCUT2D eigenvalue weighted by atomic mass is 33.1. The summed E-state index contributed by atoms with van der Waals surface area (Å²) in [6, 6.07) is 8.45. The Labute approximate surface area is 141 Å². The van der Waals surface area contributed by atoms with E-state index in [2.05, 4.69) is 0 Å². The van der Waals surface area contributed by atoms with Gasteiger partial charge in [-0.15, -0.1) is 0 Å². The van der Waals surface area contributed by atoms with Crippen LogP contribution < -0.4 is 0 Å². The second-order valence-electron chi connectivity index (χ2n) is 6.53. The number of benzene rings is 1. The van der Waals surface area contributed by atoms with E-state index in [0.717, 1.165) is 10.8 Å². The predicted molar refractivity (Wildman–Crippen MR) is 92.0 cm³/mol. The Balaban J connectivity index is 1.89. The lowest BCUT2D eigenvalue weighted by molar-refractivity contribution is 0.0219. The van der Waals surface area contributed by atoms with Crippen molar-refractivity contribution >= 4 is 25.8 Å². The van der Waals surface area contributed by atoms with Gasteiger partial charge in [0.25, 0.3) is 0 Å². The van der Waals surface area contributed by atoms with E-state index < -0.39 is 14.5 Å². The third kappa shape index (κ3) is 5.42. The monoisotopic (exact) mass is 357 g/mol. The average Bonchev–Trinajstić information content (AvgIpc) is 2.47. The van der Waals surface area contributed by atoms with Crippen LogP contribution in [0.5, 0.6) is 0 Å². The summed E-state index contributed by atoms with van der Waals surface area (Å²) >= 11 is 0. The van der Waals surface area contributed by atoms with Crippen molar-refractivity contribution in [3.63, 3.8) is 0 Å². The first-order chi connectivity index (χ1) is 10.7. The van der Waals surface area contributed by atoms with E-state index in [0.29, 0.717) is 30.8 Å². The van der Waals surface area contributed by atoms with Gasteiger partial charge >= 0.3 is 6.09 Å². The molecule has 0 N–H and O–H groups in total. The summed E-state index contributed by atoms with van der Waals surface area (Å²) in [4.78, 5) is 14.0. The van der Waals surface area contributed by atoms with Crippen LogP contribution in [0.15, 0.2) is 35.2 Å². The zero-order valence-corrected chi connectivity index (χ0v) is 15.3. The molecule has 5 nitrogen and oxygen atoms in total. The Morgan fingerprint density at radius 2 is 1.74 bits per heavy atom. The van der Waals surface area contributed by atoms with Crippen molar-refractivity contribution in [2.75, 3.05) is 13.1 Å². The molecule has 23 heavy (non-hydrogen) atoms. The first-order valence-corrected chi connectivity index (χ1v) is 10.5. The van der Waals surface area contributed by atoms with Crippen LogP contribution in [-0.4, -0.2) is 43.4 Å². The molecule has 1 heterocycles. The van der Waals surface area contributed by atoms with Gasteiger partial charge in [0.05, 0.1) is 4.90 Å². The molecule has 1 aliphatic heterocycles. The van der Waals surface area contributed by atoms with Crippen molar-refractivity contribution in [1.29, 1.82) is 0 Å². The molecule has 0 aromatic heterocycles. The number of likely N-dealkylation sites (tertiary alicyclic amines) is 1. The Bertz CT molecular complexity index is 630. The number of nitrogens with zero attached hydrogens (tertiary/aromatic N) is 1. The lowest BCUT2D eigenvalue weighted by Crippen LogP contribution is -2.42. The number of hydrogen-bond donors (Lipinski definition) is 0. The first kappa shape index (κ1) is 18.1. The lowest BCUT2D eigenvalue weighted by atomic mass is 10.1. The molecule has 1 aromatic carbocycles. The SMILES string of the molecule is CC(C)(C)OC(=O)N1CCC(SS(=O)(=O)c2ccccc2)CC1. The molecule has 0 saturated carbocycles. The van der Waals surface area contributed by atoms with Crippen molar-refractivity contribution in [2.45, 2.75) is 49.4 Å². The molecule has 0 unspecified atom stereocenters. The number of amides is 1. The fraction of sp³-hybridized carbons (Fsp3) is 0.562. The Morgan fingerprint density at radius 1 is 1.17 bits per heavy atom. The summed E-state index contributed by atoms with van der Waals surface area (Å²) in [5.41, 5.74) is -0.515. The van der Waals surface area contributed by atoms with Gasteiger partial charge in [0.1, 0.15) is 5.60 Å². The van der Waals surface area contributed by atoms with Crippen molar-refractivity contribution < 1.29 is 17.9 Å². The average molecular weight is 357 g/mol. The summed E-state index contributed by atoms with van der Waals surface area (Å²) in [5.74, 6) is 0. The van der Waals surface area contributed by atoms with E-state index in [1.165, 1.54) is 0 Å². The molecule has 1 fully saturated rings. The van der Waals surface area contributed by atoms with E-state index in [9.17, 15) is 13.2 Å². The smallest absolute Gasteiger partial charge is 0.410 e. The maximum absolute atomic E-state index is 12.4. The largest absolute Gasteiger partial charge is 0.444 e. The van der Waals surface area contributed by atoms with Gasteiger partial charge in [-0.2, -0.15) is 0 Å². The molecule has 1 saturated heterocycles. The van der Waals surface area contributed by atoms with Gasteiger partial charge in [0.15, 0.2) is 0 Å². The zero-order valence-electron chi connectivity index (χ0n) is 13.7. The number of piperidine rings is 1. The summed E-state index contributed by atoms with van der Waals surface area (Å²) in [5, 5.41) is -0.00103. The van der Waals surface area contributed by atoms with Gasteiger partial charge in [0.2, 0.25) is 8.87 Å². The number of rotatable bonds is 3. The summed E-state index contributed by atoms with van der Waals surface area (Å²) < 4.78 is 30.1. The van der Waals surface area contributed by atoms with Gasteiger partial charge in [-0.3, -0.25) is 0 Å². The molecule has 0 aliphatic carbocycles. The molecule has 1 amide bonds. The van der Waals surface area contributed by atoms with Crippen LogP contribution >= 0.6 is 10.8 Å². The molecule has 0 spiro atoms. The highest BCUT2D eigenvalue weighted by Gasteiger charge is 2.30. The molecular formula is C16H23NO4S2. The standard InChI is InChI=1S/C16H23NO4S2/c1-16(2,3)21-15(18)17-11-9-13(10-12-17)22-23(19,20)14-7-5-4-6-8-14/h4-8,13H,9-12H2,1-3H3. The maximum Gasteiger partial charge on any atom is 0.410 e. The minimum absolute atomic E-state index is 0.00103. The van der Waals surface area contributed by atoms with Crippen molar-refractivity contribution in [3.8, 4) is 0 Å². The molecule has 0 radical (unpaired) electrons. The quantitative estimate of drug-likeness (QED) is 0.775. The minimum Gasteiger partial charge on any atom is -0.444 e. The number of ether oxygens (including phenoxy) is 1. The summed E-state index contributed by atoms with van der Waals surface area (Å²) in [6.07, 6.45) is 0.971. The van der Waals surface area contributed by atoms with Crippen molar-refractivity contribution in [3.05, 3.63) is 30.3 Å². The predicted octanol–water partition coefficient (Wildman–Crippen LogP) is 3.51. The molecule has 0 atom stereocenters. The van der Waals surface area contributed by atoms with Gasteiger partial charge in [-0.25, -0.2) is 13.2 Å². The zero-order chi connectivity index (χ0) is 17.1.